The fourth-order valence-electron chi connectivity index (χ4n) is 2.94. The molecular weight excluding hydrogens is 476 g/mol. The third-order valence-electron chi connectivity index (χ3n) is 5.73. The van der Waals surface area contributed by atoms with Crippen molar-refractivity contribution in [2.24, 2.45) is 16.7 Å². The quantitative estimate of drug-likeness (QED) is 0.163. The Morgan fingerprint density at radius 3 is 2.17 bits per heavy atom. The Kier molecular flexibility index (Phi) is 15.9. The highest BCUT2D eigenvalue weighted by Gasteiger charge is 2.38. The van der Waals surface area contributed by atoms with Crippen molar-refractivity contribution >= 4 is 35.6 Å². The van der Waals surface area contributed by atoms with Gasteiger partial charge in [0.25, 0.3) is 0 Å². The van der Waals surface area contributed by atoms with Gasteiger partial charge in [0.2, 0.25) is 0 Å². The topological polar surface area (TPSA) is 125 Å². The predicted octanol–water partition coefficient (Wildman–Crippen LogP) is 3.54. The number of aliphatic hydroxyl groups is 1. The van der Waals surface area contributed by atoms with Gasteiger partial charge < -0.3 is 24.1 Å². The van der Waals surface area contributed by atoms with E-state index in [-0.39, 0.29) is 32.0 Å². The molecule has 0 aliphatic carbocycles. The second kappa shape index (κ2) is 16.8. The molecule has 0 bridgehead atoms. The van der Waals surface area contributed by atoms with Crippen molar-refractivity contribution in [1.29, 1.82) is 0 Å². The van der Waals surface area contributed by atoms with Crippen molar-refractivity contribution in [1.82, 2.24) is 0 Å². The van der Waals surface area contributed by atoms with Gasteiger partial charge in [0.1, 0.15) is 19.3 Å². The lowest BCUT2D eigenvalue weighted by Gasteiger charge is -2.28. The first-order valence-corrected chi connectivity index (χ1v) is 13.3. The Morgan fingerprint density at radius 1 is 0.971 bits per heavy atom. The molecule has 0 rings (SSSR count). The molecule has 1 N–H and O–H groups in total. The zero-order valence-electron chi connectivity index (χ0n) is 22.3. The van der Waals surface area contributed by atoms with E-state index in [2.05, 4.69) is 0 Å². The number of aliphatic hydroxyl groups excluding tert-OH is 1. The summed E-state index contributed by atoms with van der Waals surface area (Å²) in [6, 6.07) is 0. The van der Waals surface area contributed by atoms with Gasteiger partial charge in [-0.25, -0.2) is 0 Å². The number of carbonyl (C=O) groups excluding carboxylic acids is 4. The minimum atomic E-state index is -1.11. The molecule has 3 unspecified atom stereocenters. The van der Waals surface area contributed by atoms with Crippen LogP contribution in [0.15, 0.2) is 0 Å². The summed E-state index contributed by atoms with van der Waals surface area (Å²) in [5.41, 5.74) is -1.56. The summed E-state index contributed by atoms with van der Waals surface area (Å²) in [6.07, 6.45) is 1.55. The number of carbonyl (C=O) groups is 4. The van der Waals surface area contributed by atoms with E-state index in [0.29, 0.717) is 24.5 Å². The molecule has 0 amide bonds. The Balaban J connectivity index is 4.46. The van der Waals surface area contributed by atoms with E-state index in [4.69, 9.17) is 18.9 Å². The molecule has 0 saturated carbocycles. The standard InChI is InChI=1S/C25H44O9S/c1-8-10-12-32-21(28)18(3)14-25(6,23(30)31-7)17-35-13-11-20(27)33-15-19(26)16-34-22(29)24(4,5)9-2/h18-19,26H,8-17H2,1-7H3. The van der Waals surface area contributed by atoms with E-state index in [1.165, 1.54) is 18.9 Å². The molecule has 0 heterocycles. The molecule has 3 atom stereocenters. The van der Waals surface area contributed by atoms with Gasteiger partial charge in [-0.05, 0) is 40.0 Å². The van der Waals surface area contributed by atoms with Crippen LogP contribution in [0.5, 0.6) is 0 Å². The average Bonchev–Trinajstić information content (AvgIpc) is 2.83. The van der Waals surface area contributed by atoms with Crippen molar-refractivity contribution in [3.63, 3.8) is 0 Å². The first-order valence-electron chi connectivity index (χ1n) is 12.2. The largest absolute Gasteiger partial charge is 0.469 e. The molecule has 0 aliphatic rings. The van der Waals surface area contributed by atoms with Crippen LogP contribution < -0.4 is 0 Å². The number of rotatable bonds is 18. The lowest BCUT2D eigenvalue weighted by atomic mass is 9.83. The number of unbranched alkanes of at least 4 members (excludes halogenated alkanes) is 1. The van der Waals surface area contributed by atoms with Crippen molar-refractivity contribution in [3.05, 3.63) is 0 Å². The van der Waals surface area contributed by atoms with Gasteiger partial charge in [0, 0.05) is 11.5 Å². The molecule has 0 spiro atoms. The number of thioether (sulfide) groups is 1. The monoisotopic (exact) mass is 520 g/mol. The molecular formula is C25H44O9S. The van der Waals surface area contributed by atoms with Crippen LogP contribution in [0.3, 0.4) is 0 Å². The van der Waals surface area contributed by atoms with Crippen LogP contribution in [0.25, 0.3) is 0 Å². The molecule has 0 aliphatic heterocycles. The normalized spacial score (nSPS) is 14.9. The molecule has 0 saturated heterocycles. The lowest BCUT2D eigenvalue weighted by molar-refractivity contribution is -0.160. The second-order valence-corrected chi connectivity index (χ2v) is 10.8. The molecule has 0 aromatic heterocycles. The maximum Gasteiger partial charge on any atom is 0.312 e. The van der Waals surface area contributed by atoms with Crippen molar-refractivity contribution in [3.8, 4) is 0 Å². The SMILES string of the molecule is CCCCOC(=O)C(C)CC(C)(CSCCC(=O)OCC(O)COC(=O)C(C)(C)CC)C(=O)OC. The maximum atomic E-state index is 12.4. The smallest absolute Gasteiger partial charge is 0.312 e. The molecule has 10 heteroatoms. The van der Waals surface area contributed by atoms with Gasteiger partial charge in [0.05, 0.1) is 36.9 Å². The minimum absolute atomic E-state index is 0.0753. The number of ether oxygens (including phenoxy) is 4. The summed E-state index contributed by atoms with van der Waals surface area (Å²) in [5, 5.41) is 9.90. The van der Waals surface area contributed by atoms with Gasteiger partial charge in [0.15, 0.2) is 0 Å². The Morgan fingerprint density at radius 2 is 1.60 bits per heavy atom. The van der Waals surface area contributed by atoms with Gasteiger partial charge in [-0.2, -0.15) is 11.8 Å². The van der Waals surface area contributed by atoms with Crippen LogP contribution in [0.2, 0.25) is 0 Å². The van der Waals surface area contributed by atoms with Gasteiger partial charge >= 0.3 is 23.9 Å². The number of hydrogen-bond donors (Lipinski definition) is 1. The van der Waals surface area contributed by atoms with Crippen molar-refractivity contribution in [2.75, 3.05) is 38.4 Å². The van der Waals surface area contributed by atoms with Crippen molar-refractivity contribution < 1.29 is 43.2 Å². The molecule has 35 heavy (non-hydrogen) atoms. The van der Waals surface area contributed by atoms with E-state index in [1.807, 2.05) is 13.8 Å². The summed E-state index contributed by atoms with van der Waals surface area (Å²) in [4.78, 5) is 48.5. The van der Waals surface area contributed by atoms with Crippen LogP contribution >= 0.6 is 11.8 Å². The summed E-state index contributed by atoms with van der Waals surface area (Å²) >= 11 is 1.38. The van der Waals surface area contributed by atoms with E-state index < -0.39 is 40.8 Å². The zero-order chi connectivity index (χ0) is 27.1. The third-order valence-corrected chi connectivity index (χ3v) is 7.06. The molecule has 0 aromatic carbocycles. The van der Waals surface area contributed by atoms with E-state index in [9.17, 15) is 24.3 Å². The van der Waals surface area contributed by atoms with E-state index in [1.54, 1.807) is 27.7 Å². The Hall–Kier alpha value is -1.81. The predicted molar refractivity (Wildman–Crippen MR) is 134 cm³/mol. The summed E-state index contributed by atoms with van der Waals surface area (Å²) in [7, 11) is 1.30. The summed E-state index contributed by atoms with van der Waals surface area (Å²) in [6.45, 7) is 10.7. The minimum Gasteiger partial charge on any atom is -0.469 e. The van der Waals surface area contributed by atoms with Gasteiger partial charge in [-0.1, -0.05) is 27.2 Å². The third kappa shape index (κ3) is 13.2. The van der Waals surface area contributed by atoms with Crippen LogP contribution in [0.4, 0.5) is 0 Å². The molecule has 204 valence electrons. The molecule has 0 fully saturated rings. The number of hydrogen-bond acceptors (Lipinski definition) is 10. The zero-order valence-corrected chi connectivity index (χ0v) is 23.2. The highest BCUT2D eigenvalue weighted by atomic mass is 32.2. The Bertz CT molecular complexity index is 680. The fraction of sp³-hybridized carbons (Fsp3) is 0.840. The summed E-state index contributed by atoms with van der Waals surface area (Å²) in [5.74, 6) is -1.43. The van der Waals surface area contributed by atoms with Crippen LogP contribution in [0.1, 0.15) is 73.6 Å². The van der Waals surface area contributed by atoms with Crippen LogP contribution in [-0.4, -0.2) is 73.5 Å². The van der Waals surface area contributed by atoms with Crippen molar-refractivity contribution in [2.45, 2.75) is 79.8 Å². The maximum absolute atomic E-state index is 12.4. The van der Waals surface area contributed by atoms with Crippen LogP contribution in [0, 0.1) is 16.7 Å². The molecule has 0 aromatic rings. The highest BCUT2D eigenvalue weighted by Crippen LogP contribution is 2.32. The molecule has 0 radical (unpaired) electrons. The highest BCUT2D eigenvalue weighted by molar-refractivity contribution is 7.99. The summed E-state index contributed by atoms with van der Waals surface area (Å²) < 4.78 is 20.3. The first-order chi connectivity index (χ1) is 16.3. The lowest BCUT2D eigenvalue weighted by Crippen LogP contribution is -2.35. The van der Waals surface area contributed by atoms with Crippen LogP contribution in [-0.2, 0) is 38.1 Å². The Labute approximate surface area is 214 Å². The van der Waals surface area contributed by atoms with Gasteiger partial charge in [-0.15, -0.1) is 0 Å². The van der Waals surface area contributed by atoms with Gasteiger partial charge in [-0.3, -0.25) is 19.2 Å². The van der Waals surface area contributed by atoms with E-state index >= 15 is 0 Å². The molecule has 9 nitrogen and oxygen atoms in total. The number of methoxy groups -OCH3 is 1. The fourth-order valence-corrected chi connectivity index (χ4v) is 4.08. The average molecular weight is 521 g/mol. The van der Waals surface area contributed by atoms with E-state index in [0.717, 1.165) is 12.8 Å². The number of esters is 4. The first kappa shape index (κ1) is 33.2. The second-order valence-electron chi connectivity index (χ2n) is 9.65.